The molecule has 0 radical (unpaired) electrons. The molecule has 2 aromatic heterocycles. The number of fused-ring (bicyclic) bond motifs is 2. The van der Waals surface area contributed by atoms with Crippen molar-refractivity contribution in [2.45, 2.75) is 39.3 Å². The molecule has 0 aliphatic heterocycles. The molecule has 0 unspecified atom stereocenters. The molecule has 2 heterocycles. The van der Waals surface area contributed by atoms with E-state index in [-0.39, 0.29) is 51.0 Å². The Morgan fingerprint density at radius 2 is 0.698 bits per heavy atom. The Bertz CT molecular complexity index is 2830. The summed E-state index contributed by atoms with van der Waals surface area (Å²) in [7, 11) is -2.55. The van der Waals surface area contributed by atoms with E-state index in [9.17, 15) is 0 Å². The molecule has 0 bridgehead atoms. The van der Waals surface area contributed by atoms with E-state index in [0.29, 0.717) is 0 Å². The van der Waals surface area contributed by atoms with Crippen molar-refractivity contribution in [2.75, 3.05) is 0 Å². The Hall–Kier alpha value is -4.16. The van der Waals surface area contributed by atoms with Crippen LogP contribution in [-0.2, 0) is 26.2 Å². The minimum absolute atomic E-state index is 0. The second-order valence-electron chi connectivity index (χ2n) is 17.8. The molecule has 0 saturated carbocycles. The zero-order valence-electron chi connectivity index (χ0n) is 36.5. The van der Waals surface area contributed by atoms with Crippen LogP contribution < -0.4 is 35.2 Å². The second kappa shape index (κ2) is 20.3. The molecule has 0 spiro atoms. The molecule has 0 N–H and O–H groups in total. The van der Waals surface area contributed by atoms with E-state index in [4.69, 9.17) is 0 Å². The number of halogens is 2. The first-order valence-electron chi connectivity index (χ1n) is 20.9. The van der Waals surface area contributed by atoms with E-state index < -0.39 is 16.1 Å². The summed E-state index contributed by atoms with van der Waals surface area (Å²) < 4.78 is 0. The monoisotopic (exact) mass is 1000 g/mol. The maximum Gasteiger partial charge on any atom is 4.00 e. The van der Waals surface area contributed by atoms with Crippen LogP contribution in [0, 0.1) is 0 Å². The predicted molar refractivity (Wildman–Crippen MR) is 273 cm³/mol. The molecule has 0 nitrogen and oxygen atoms in total. The van der Waals surface area contributed by atoms with Crippen LogP contribution in [0.5, 0.6) is 0 Å². The maximum atomic E-state index is 2.40. The molecule has 63 heavy (non-hydrogen) atoms. The fourth-order valence-electron chi connectivity index (χ4n) is 8.06. The van der Waals surface area contributed by atoms with Gasteiger partial charge in [-0.1, -0.05) is 219 Å². The third kappa shape index (κ3) is 10.7. The predicted octanol–water partition coefficient (Wildman–Crippen LogP) is 10.3. The molecule has 8 aromatic carbocycles. The van der Waals surface area contributed by atoms with Gasteiger partial charge in [-0.15, -0.1) is 69.1 Å². The Morgan fingerprint density at radius 3 is 1.05 bits per heavy atom. The minimum atomic E-state index is -1.28. The Kier molecular flexibility index (Phi) is 15.6. The van der Waals surface area contributed by atoms with Gasteiger partial charge >= 0.3 is 26.2 Å². The van der Waals surface area contributed by atoms with Gasteiger partial charge in [0.15, 0.2) is 0 Å². The maximum absolute atomic E-state index is 2.40. The van der Waals surface area contributed by atoms with E-state index in [1.54, 1.807) is 0 Å². The van der Waals surface area contributed by atoms with Gasteiger partial charge in [0.1, 0.15) is 0 Å². The first-order chi connectivity index (χ1) is 29.0. The quantitative estimate of drug-likeness (QED) is 0.105. The van der Waals surface area contributed by atoms with Gasteiger partial charge in [0.25, 0.3) is 0 Å². The van der Waals surface area contributed by atoms with E-state index in [1.165, 1.54) is 95.9 Å². The molecule has 0 fully saturated rings. The summed E-state index contributed by atoms with van der Waals surface area (Å²) in [5.41, 5.74) is 10.4. The average Bonchev–Trinajstić information content (AvgIpc) is 4.10. The molecular formula is C56H50Cl2S2Si2Zr. The van der Waals surface area contributed by atoms with Gasteiger partial charge in [-0.05, 0) is 32.0 Å². The van der Waals surface area contributed by atoms with Crippen LogP contribution in [0.15, 0.2) is 194 Å². The minimum Gasteiger partial charge on any atom is -1.00 e. The zero-order chi connectivity index (χ0) is 41.4. The summed E-state index contributed by atoms with van der Waals surface area (Å²) in [6.45, 7) is 14.4. The van der Waals surface area contributed by atoms with E-state index in [0.717, 1.165) is 0 Å². The largest absolute Gasteiger partial charge is 4.00 e. The van der Waals surface area contributed by atoms with E-state index in [2.05, 4.69) is 233 Å². The van der Waals surface area contributed by atoms with Crippen molar-refractivity contribution in [2.24, 2.45) is 0 Å². The summed E-state index contributed by atoms with van der Waals surface area (Å²) in [6.07, 6.45) is 0. The van der Waals surface area contributed by atoms with Crippen molar-refractivity contribution in [1.82, 2.24) is 0 Å². The van der Waals surface area contributed by atoms with Gasteiger partial charge in [-0.25, -0.2) is 0 Å². The van der Waals surface area contributed by atoms with Crippen molar-refractivity contribution < 1.29 is 51.0 Å². The number of hydrogen-bond donors (Lipinski definition) is 0. The summed E-state index contributed by atoms with van der Waals surface area (Å²) in [5, 5.41) is 8.31. The van der Waals surface area contributed by atoms with Gasteiger partial charge in [-0.3, -0.25) is 0 Å². The molecule has 10 aromatic rings. The van der Waals surface area contributed by atoms with Crippen molar-refractivity contribution in [3.05, 3.63) is 194 Å². The number of rotatable bonds is 8. The Labute approximate surface area is 415 Å². The molecule has 0 amide bonds. The van der Waals surface area contributed by atoms with Crippen LogP contribution in [0.2, 0.25) is 39.3 Å². The van der Waals surface area contributed by atoms with Gasteiger partial charge < -0.3 is 24.8 Å². The van der Waals surface area contributed by atoms with Crippen molar-refractivity contribution in [3.8, 4) is 64.0 Å². The Morgan fingerprint density at radius 1 is 0.349 bits per heavy atom. The molecule has 0 aliphatic rings. The second-order valence-corrected chi connectivity index (χ2v) is 30.1. The van der Waals surface area contributed by atoms with Crippen LogP contribution in [-0.4, -0.2) is 16.1 Å². The molecule has 0 aliphatic carbocycles. The Balaban J connectivity index is 0.000000200. The first kappa shape index (κ1) is 48.3. The normalized spacial score (nSPS) is 11.3. The van der Waals surface area contributed by atoms with Crippen molar-refractivity contribution in [1.29, 1.82) is 0 Å². The SMILES string of the molecule is C[Si](C)(C)c1ccc(-c2cccc3[cH-]c(-c4ccc(-c5ccccc5)s4)cc23)cc1.C[Si](C)(C)c1ccc(-c2cccc3[cH-]c(-c4ccc(-c5ccccc5)s4)cc23)cc1.[Cl-].[Cl-].[Zr+4]. The summed E-state index contributed by atoms with van der Waals surface area (Å²) in [5.74, 6) is 0. The zero-order valence-corrected chi connectivity index (χ0v) is 44.2. The third-order valence-corrected chi connectivity index (χ3v) is 18.0. The third-order valence-electron chi connectivity index (χ3n) is 11.5. The fourth-order valence-corrected chi connectivity index (χ4v) is 12.4. The topological polar surface area (TPSA) is 0 Å². The number of hydrogen-bond acceptors (Lipinski definition) is 2. The van der Waals surface area contributed by atoms with Gasteiger partial charge in [0.05, 0.1) is 16.1 Å². The molecule has 0 atom stereocenters. The van der Waals surface area contributed by atoms with E-state index >= 15 is 0 Å². The van der Waals surface area contributed by atoms with Crippen LogP contribution >= 0.6 is 22.7 Å². The van der Waals surface area contributed by atoms with Gasteiger partial charge in [0, 0.05) is 9.75 Å². The molecule has 0 saturated heterocycles. The fraction of sp³-hybridized carbons (Fsp3) is 0.107. The first-order valence-corrected chi connectivity index (χ1v) is 29.5. The van der Waals surface area contributed by atoms with Gasteiger partial charge in [0.2, 0.25) is 0 Å². The van der Waals surface area contributed by atoms with Crippen LogP contribution in [0.4, 0.5) is 0 Å². The summed E-state index contributed by atoms with van der Waals surface area (Å²) in [6, 6.07) is 71.5. The summed E-state index contributed by atoms with van der Waals surface area (Å²) >= 11 is 3.73. The van der Waals surface area contributed by atoms with Crippen molar-refractivity contribution in [3.63, 3.8) is 0 Å². The smallest absolute Gasteiger partial charge is 1.00 e. The molecule has 7 heteroatoms. The standard InChI is InChI=1S/2C28H25SSi.2ClH.Zr/c2*1-30(2,3)24-14-12-20(13-15-24)25-11-7-10-22-18-23(19-26(22)25)28-17-16-27(29-28)21-8-5-4-6-9-21;;;/h2*4-19H,1-3H3;2*1H;/q2*-1;;;+4/p-2. The molecular weight excluding hydrogens is 955 g/mol. The van der Waals surface area contributed by atoms with E-state index in [1.807, 2.05) is 22.7 Å². The summed E-state index contributed by atoms with van der Waals surface area (Å²) in [4.78, 5) is 5.28. The van der Waals surface area contributed by atoms with Crippen LogP contribution in [0.1, 0.15) is 0 Å². The van der Waals surface area contributed by atoms with Gasteiger partial charge in [-0.2, -0.15) is 22.7 Å². The van der Waals surface area contributed by atoms with Crippen molar-refractivity contribution >= 4 is 70.7 Å². The average molecular weight is 1010 g/mol. The molecule has 312 valence electrons. The number of benzene rings is 6. The molecule has 10 rings (SSSR count). The number of thiophene rings is 2. The van der Waals surface area contributed by atoms with Crippen LogP contribution in [0.25, 0.3) is 85.6 Å². The van der Waals surface area contributed by atoms with Crippen LogP contribution in [0.3, 0.4) is 0 Å².